The molecule has 3 rings (SSSR count). The number of anilines is 1. The molecular weight excluding hydrogens is 392 g/mol. The van der Waals surface area contributed by atoms with E-state index in [1.165, 1.54) is 18.0 Å². The van der Waals surface area contributed by atoms with Gasteiger partial charge in [0, 0.05) is 17.7 Å². The Morgan fingerprint density at radius 2 is 2.00 bits per heavy atom. The van der Waals surface area contributed by atoms with Crippen molar-refractivity contribution in [3.8, 4) is 11.5 Å². The van der Waals surface area contributed by atoms with Crippen LogP contribution in [0.2, 0.25) is 0 Å². The molecule has 1 saturated heterocycles. The third-order valence-electron chi connectivity index (χ3n) is 3.99. The fourth-order valence-electron chi connectivity index (χ4n) is 2.57. The van der Waals surface area contributed by atoms with E-state index >= 15 is 0 Å². The number of carbonyl (C=O) groups is 2. The van der Waals surface area contributed by atoms with Crippen LogP contribution in [0.5, 0.6) is 11.5 Å². The van der Waals surface area contributed by atoms with Gasteiger partial charge in [-0.1, -0.05) is 30.0 Å². The number of thioether (sulfide) groups is 1. The number of rotatable bonds is 7. The fraction of sp³-hybridized carbons (Fsp3) is 0.200. The van der Waals surface area contributed by atoms with Gasteiger partial charge in [0.1, 0.15) is 16.7 Å². The molecule has 29 heavy (non-hydrogen) atoms. The molecule has 1 fully saturated rings. The van der Waals surface area contributed by atoms with Crippen LogP contribution in [0, 0.1) is 0 Å². The molecule has 2 aromatic carbocycles. The largest absolute Gasteiger partial charge is 0.497 e. The first kappa shape index (κ1) is 20.4. The molecule has 2 aromatic rings. The molecule has 150 valence electrons. The molecule has 0 aromatic heterocycles. The summed E-state index contributed by atoms with van der Waals surface area (Å²) in [4.78, 5) is 24.3. The van der Waals surface area contributed by atoms with E-state index in [4.69, 9.17) is 9.47 Å². The first-order valence-electron chi connectivity index (χ1n) is 8.74. The summed E-state index contributed by atoms with van der Waals surface area (Å²) in [5, 5.41) is 13.2. The van der Waals surface area contributed by atoms with E-state index in [0.717, 1.165) is 0 Å². The fourth-order valence-corrected chi connectivity index (χ4v) is 3.50. The molecule has 8 nitrogen and oxygen atoms in total. The highest BCUT2D eigenvalue weighted by Gasteiger charge is 2.32. The van der Waals surface area contributed by atoms with Crippen LogP contribution in [0.3, 0.4) is 0 Å². The Labute approximate surface area is 172 Å². The maximum atomic E-state index is 12.2. The highest BCUT2D eigenvalue weighted by Crippen LogP contribution is 2.24. The van der Waals surface area contributed by atoms with E-state index in [9.17, 15) is 9.59 Å². The molecule has 2 amide bonds. The minimum Gasteiger partial charge on any atom is -0.497 e. The maximum Gasteiger partial charge on any atom is 0.240 e. The van der Waals surface area contributed by atoms with Gasteiger partial charge in [0.25, 0.3) is 0 Å². The van der Waals surface area contributed by atoms with Crippen LogP contribution >= 0.6 is 11.8 Å². The number of benzene rings is 2. The first-order chi connectivity index (χ1) is 14.1. The summed E-state index contributed by atoms with van der Waals surface area (Å²) in [5.74, 6) is 0.766. The number of hydrogen-bond donors (Lipinski definition) is 2. The molecule has 1 heterocycles. The summed E-state index contributed by atoms with van der Waals surface area (Å²) in [7, 11) is 3.13. The zero-order chi connectivity index (χ0) is 20.6. The van der Waals surface area contributed by atoms with Gasteiger partial charge in [0.15, 0.2) is 5.17 Å². The smallest absolute Gasteiger partial charge is 0.240 e. The molecule has 1 aliphatic rings. The highest BCUT2D eigenvalue weighted by molar-refractivity contribution is 8.15. The van der Waals surface area contributed by atoms with Gasteiger partial charge in [-0.15, -0.1) is 5.10 Å². The SMILES string of the molecule is COc1ccc(OC)c(/C=N/N=C2/NC(=O)C(CC(=O)Nc3ccccc3)S2)c1. The van der Waals surface area contributed by atoms with E-state index in [2.05, 4.69) is 20.8 Å². The van der Waals surface area contributed by atoms with E-state index in [1.807, 2.05) is 18.2 Å². The number of carbonyl (C=O) groups excluding carboxylic acids is 2. The van der Waals surface area contributed by atoms with Crippen molar-refractivity contribution < 1.29 is 19.1 Å². The quantitative estimate of drug-likeness (QED) is 0.538. The second-order valence-electron chi connectivity index (χ2n) is 5.97. The van der Waals surface area contributed by atoms with Crippen LogP contribution in [-0.4, -0.2) is 42.7 Å². The number of ether oxygens (including phenoxy) is 2. The summed E-state index contributed by atoms with van der Waals surface area (Å²) in [5.41, 5.74) is 1.37. The number of para-hydroxylation sites is 1. The zero-order valence-corrected chi connectivity index (χ0v) is 16.7. The second kappa shape index (κ2) is 9.74. The van der Waals surface area contributed by atoms with Crippen LogP contribution in [0.1, 0.15) is 12.0 Å². The van der Waals surface area contributed by atoms with Crippen molar-refractivity contribution in [2.24, 2.45) is 10.2 Å². The summed E-state index contributed by atoms with van der Waals surface area (Å²) < 4.78 is 10.5. The van der Waals surface area contributed by atoms with Crippen LogP contribution in [-0.2, 0) is 9.59 Å². The van der Waals surface area contributed by atoms with E-state index < -0.39 is 5.25 Å². The Morgan fingerprint density at radius 3 is 2.72 bits per heavy atom. The molecule has 1 atom stereocenters. The van der Waals surface area contributed by atoms with Crippen LogP contribution in [0.15, 0.2) is 58.7 Å². The van der Waals surface area contributed by atoms with Gasteiger partial charge >= 0.3 is 0 Å². The Kier molecular flexibility index (Phi) is 6.85. The van der Waals surface area contributed by atoms with Crippen LogP contribution in [0.25, 0.3) is 0 Å². The summed E-state index contributed by atoms with van der Waals surface area (Å²) in [6, 6.07) is 14.4. The number of hydrogen-bond acceptors (Lipinski definition) is 7. The van der Waals surface area contributed by atoms with Crippen LogP contribution in [0.4, 0.5) is 5.69 Å². The predicted molar refractivity (Wildman–Crippen MR) is 114 cm³/mol. The molecule has 0 saturated carbocycles. The van der Waals surface area contributed by atoms with Gasteiger partial charge in [-0.25, -0.2) is 0 Å². The zero-order valence-electron chi connectivity index (χ0n) is 15.9. The average Bonchev–Trinajstić information content (AvgIpc) is 3.07. The van der Waals surface area contributed by atoms with E-state index in [-0.39, 0.29) is 18.2 Å². The van der Waals surface area contributed by atoms with Crippen molar-refractivity contribution in [2.45, 2.75) is 11.7 Å². The van der Waals surface area contributed by atoms with Crippen LogP contribution < -0.4 is 20.1 Å². The van der Waals surface area contributed by atoms with Crippen molar-refractivity contribution in [3.63, 3.8) is 0 Å². The topological polar surface area (TPSA) is 101 Å². The lowest BCUT2D eigenvalue weighted by Crippen LogP contribution is -2.28. The van der Waals surface area contributed by atoms with Gasteiger partial charge in [0.05, 0.1) is 20.4 Å². The lowest BCUT2D eigenvalue weighted by atomic mass is 10.2. The molecule has 2 N–H and O–H groups in total. The number of nitrogens with one attached hydrogen (secondary N) is 2. The molecule has 0 bridgehead atoms. The number of amides is 2. The van der Waals surface area contributed by atoms with Crippen molar-refractivity contribution in [1.29, 1.82) is 0 Å². The second-order valence-corrected chi connectivity index (χ2v) is 7.16. The van der Waals surface area contributed by atoms with Crippen molar-refractivity contribution >= 4 is 40.6 Å². The van der Waals surface area contributed by atoms with Crippen molar-refractivity contribution in [1.82, 2.24) is 5.32 Å². The van der Waals surface area contributed by atoms with Gasteiger partial charge < -0.3 is 20.1 Å². The maximum absolute atomic E-state index is 12.2. The van der Waals surface area contributed by atoms with E-state index in [0.29, 0.717) is 27.9 Å². The Bertz CT molecular complexity index is 947. The number of nitrogens with zero attached hydrogens (tertiary/aromatic N) is 2. The normalized spacial score (nSPS) is 17.4. The van der Waals surface area contributed by atoms with Crippen molar-refractivity contribution in [2.75, 3.05) is 19.5 Å². The minimum absolute atomic E-state index is 0.0395. The van der Waals surface area contributed by atoms with Gasteiger partial charge in [-0.3, -0.25) is 9.59 Å². The highest BCUT2D eigenvalue weighted by atomic mass is 32.2. The minimum atomic E-state index is -0.556. The lowest BCUT2D eigenvalue weighted by molar-refractivity contribution is -0.122. The molecule has 9 heteroatoms. The monoisotopic (exact) mass is 412 g/mol. The number of methoxy groups -OCH3 is 2. The summed E-state index contributed by atoms with van der Waals surface area (Å²) in [6.45, 7) is 0. The van der Waals surface area contributed by atoms with Gasteiger partial charge in [-0.2, -0.15) is 5.10 Å². The Hall–Kier alpha value is -3.33. The number of amidine groups is 1. The lowest BCUT2D eigenvalue weighted by Gasteiger charge is -2.07. The molecule has 0 spiro atoms. The first-order valence-corrected chi connectivity index (χ1v) is 9.62. The van der Waals surface area contributed by atoms with Gasteiger partial charge in [0.2, 0.25) is 11.8 Å². The van der Waals surface area contributed by atoms with E-state index in [1.54, 1.807) is 44.6 Å². The molecule has 1 aliphatic heterocycles. The van der Waals surface area contributed by atoms with Crippen molar-refractivity contribution in [3.05, 3.63) is 54.1 Å². The molecule has 0 radical (unpaired) electrons. The third kappa shape index (κ3) is 5.58. The summed E-state index contributed by atoms with van der Waals surface area (Å²) in [6.07, 6.45) is 1.55. The molecular formula is C20H20N4O4S. The Balaban J connectivity index is 1.60. The summed E-state index contributed by atoms with van der Waals surface area (Å²) >= 11 is 1.17. The molecule has 0 aliphatic carbocycles. The third-order valence-corrected chi connectivity index (χ3v) is 5.06. The standard InChI is InChI=1S/C20H20N4O4S/c1-27-15-8-9-16(28-2)13(10-15)12-21-24-20-23-19(26)17(29-20)11-18(25)22-14-6-4-3-5-7-14/h3-10,12,17H,11H2,1-2H3,(H,22,25)(H,23,24,26)/b21-12+. The average molecular weight is 412 g/mol. The Morgan fingerprint density at radius 1 is 1.21 bits per heavy atom. The molecule has 1 unspecified atom stereocenters. The predicted octanol–water partition coefficient (Wildman–Crippen LogP) is 2.65. The van der Waals surface area contributed by atoms with Gasteiger partial charge in [-0.05, 0) is 30.3 Å².